The van der Waals surface area contributed by atoms with Gasteiger partial charge in [0.2, 0.25) is 0 Å². The van der Waals surface area contributed by atoms with Crippen LogP contribution in [0.2, 0.25) is 0 Å². The molecule has 0 aromatic heterocycles. The predicted molar refractivity (Wildman–Crippen MR) is 56.9 cm³/mol. The fourth-order valence-corrected chi connectivity index (χ4v) is 3.62. The normalized spacial score (nSPS) is 27.8. The van der Waals surface area contributed by atoms with Gasteiger partial charge in [-0.2, -0.15) is 0 Å². The Kier molecular flexibility index (Phi) is 2.61. The molecule has 1 N–H and O–H groups in total. The second-order valence-corrected chi connectivity index (χ2v) is 6.35. The van der Waals surface area contributed by atoms with Gasteiger partial charge in [-0.25, -0.2) is 9.42 Å². The van der Waals surface area contributed by atoms with E-state index in [1.165, 1.54) is 0 Å². The third-order valence-electron chi connectivity index (χ3n) is 2.15. The summed E-state index contributed by atoms with van der Waals surface area (Å²) in [4.78, 5) is 9.91. The summed E-state index contributed by atoms with van der Waals surface area (Å²) in [5.74, 6) is 0. The number of hydrogen-bond acceptors (Lipinski definition) is 3. The summed E-state index contributed by atoms with van der Waals surface area (Å²) in [6.45, 7) is -2.11. The molecule has 1 aliphatic heterocycles. The van der Waals surface area contributed by atoms with Crippen molar-refractivity contribution in [2.75, 3.05) is 6.61 Å². The van der Waals surface area contributed by atoms with E-state index < -0.39 is 6.92 Å². The zero-order valence-corrected chi connectivity index (χ0v) is 8.85. The van der Waals surface area contributed by atoms with E-state index in [0.717, 1.165) is 23.7 Å². The highest BCUT2D eigenvalue weighted by atomic mass is 32.7. The third-order valence-corrected chi connectivity index (χ3v) is 4.64. The Morgan fingerprint density at radius 1 is 1.38 bits per heavy atom. The van der Waals surface area contributed by atoms with Gasteiger partial charge in [-0.3, -0.25) is 0 Å². The molecule has 0 saturated heterocycles. The van der Waals surface area contributed by atoms with Crippen molar-refractivity contribution in [3.8, 4) is 0 Å². The van der Waals surface area contributed by atoms with E-state index in [-0.39, 0.29) is 0 Å². The molecule has 2 rings (SSSR count). The molecule has 0 saturated carbocycles. The molecular weight excluding hydrogens is 203 g/mol. The molecule has 1 aromatic carbocycles. The topological polar surface area (TPSA) is 29.5 Å². The van der Waals surface area contributed by atoms with Crippen molar-refractivity contribution in [1.29, 1.82) is 0 Å². The van der Waals surface area contributed by atoms with E-state index in [1.54, 1.807) is 0 Å². The molecule has 2 nitrogen and oxygen atoms in total. The molecule has 1 unspecified atom stereocenters. The van der Waals surface area contributed by atoms with Crippen LogP contribution in [0.15, 0.2) is 24.3 Å². The van der Waals surface area contributed by atoms with Gasteiger partial charge in [-0.05, 0) is 24.5 Å². The van der Waals surface area contributed by atoms with Crippen molar-refractivity contribution in [3.05, 3.63) is 29.8 Å². The smallest absolute Gasteiger partial charge is 0.188 e. The van der Waals surface area contributed by atoms with Crippen LogP contribution in [0.1, 0.15) is 12.0 Å². The molecule has 0 fully saturated rings. The Hall–Kier alpha value is -0.0800. The van der Waals surface area contributed by atoms with Gasteiger partial charge in [0.1, 0.15) is 5.30 Å². The molecule has 0 aliphatic carbocycles. The zero-order chi connectivity index (χ0) is 9.31. The van der Waals surface area contributed by atoms with Crippen LogP contribution in [0.5, 0.6) is 0 Å². The van der Waals surface area contributed by atoms with Crippen molar-refractivity contribution < 1.29 is 9.42 Å². The first kappa shape index (κ1) is 9.47. The van der Waals surface area contributed by atoms with E-state index in [1.807, 2.05) is 24.3 Å². The number of benzene rings is 1. The zero-order valence-electron chi connectivity index (χ0n) is 7.14. The summed E-state index contributed by atoms with van der Waals surface area (Å²) < 4.78 is 5.30. The molecule has 70 valence electrons. The third kappa shape index (κ3) is 1.89. The van der Waals surface area contributed by atoms with Gasteiger partial charge in [-0.15, -0.1) is 0 Å². The molecule has 1 atom stereocenters. The summed E-state index contributed by atoms with van der Waals surface area (Å²) in [6, 6.07) is 7.76. The van der Waals surface area contributed by atoms with Crippen molar-refractivity contribution in [1.82, 2.24) is 0 Å². The highest BCUT2D eigenvalue weighted by molar-refractivity contribution is 8.40. The first-order valence-electron chi connectivity index (χ1n) is 4.26. The fraction of sp³-hybridized carbons (Fsp3) is 0.333. The van der Waals surface area contributed by atoms with Crippen molar-refractivity contribution in [2.24, 2.45) is 0 Å². The van der Waals surface area contributed by atoms with Gasteiger partial charge in [0, 0.05) is 0 Å². The standard InChI is InChI=1S/C9H11O2PS/c10-12(13)9-6-2-1-4-8(9)5-3-7-11-12/h1-2,4,6H,3,5,7H2,(H,10,13). The van der Waals surface area contributed by atoms with Crippen LogP contribution in [-0.4, -0.2) is 11.5 Å². The van der Waals surface area contributed by atoms with Gasteiger partial charge in [-0.1, -0.05) is 18.2 Å². The number of fused-ring (bicyclic) bond motifs is 1. The molecule has 0 radical (unpaired) electrons. The number of rotatable bonds is 0. The molecule has 1 aliphatic rings. The minimum absolute atomic E-state index is 0.572. The first-order valence-corrected chi connectivity index (χ1v) is 6.93. The van der Waals surface area contributed by atoms with Crippen molar-refractivity contribution in [3.63, 3.8) is 0 Å². The Bertz CT molecular complexity index is 314. The largest absolute Gasteiger partial charge is 0.487 e. The lowest BCUT2D eigenvalue weighted by Crippen LogP contribution is -2.13. The van der Waals surface area contributed by atoms with Crippen LogP contribution in [0.25, 0.3) is 0 Å². The van der Waals surface area contributed by atoms with Gasteiger partial charge in [0.05, 0.1) is 6.61 Å². The Morgan fingerprint density at radius 2 is 2.15 bits per heavy atom. The molecule has 13 heavy (non-hydrogen) atoms. The molecule has 0 bridgehead atoms. The summed E-state index contributed by atoms with van der Waals surface area (Å²) in [5, 5.41) is 0.836. The first-order chi connectivity index (χ1) is 6.20. The number of aryl methyl sites for hydroxylation is 1. The molecule has 1 aromatic rings. The molecule has 1 heterocycles. The fourth-order valence-electron chi connectivity index (χ4n) is 1.52. The van der Waals surface area contributed by atoms with Crippen LogP contribution in [0.3, 0.4) is 0 Å². The highest BCUT2D eigenvalue weighted by Gasteiger charge is 2.30. The maximum absolute atomic E-state index is 9.91. The number of hydrogen-bond donors (Lipinski definition) is 1. The summed E-state index contributed by atoms with van der Waals surface area (Å²) in [6.07, 6.45) is 1.89. The lowest BCUT2D eigenvalue weighted by molar-refractivity contribution is 0.311. The summed E-state index contributed by atoms with van der Waals surface area (Å²) in [7, 11) is 0. The Labute approximate surface area is 83.6 Å². The summed E-state index contributed by atoms with van der Waals surface area (Å²) in [5.41, 5.74) is 1.14. The Morgan fingerprint density at radius 3 is 3.00 bits per heavy atom. The minimum atomic E-state index is -2.69. The molecule has 0 amide bonds. The maximum atomic E-state index is 9.91. The monoisotopic (exact) mass is 214 g/mol. The predicted octanol–water partition coefficient (Wildman–Crippen LogP) is 1.58. The maximum Gasteiger partial charge on any atom is 0.188 e. The average Bonchev–Trinajstić information content (AvgIpc) is 2.26. The van der Waals surface area contributed by atoms with Crippen LogP contribution >= 0.6 is 6.92 Å². The van der Waals surface area contributed by atoms with Gasteiger partial charge in [0.15, 0.2) is 6.92 Å². The van der Waals surface area contributed by atoms with E-state index in [0.29, 0.717) is 6.61 Å². The summed E-state index contributed by atoms with van der Waals surface area (Å²) >= 11 is 5.08. The van der Waals surface area contributed by atoms with Crippen LogP contribution in [0, 0.1) is 0 Å². The van der Waals surface area contributed by atoms with Crippen LogP contribution in [-0.2, 0) is 23.2 Å². The molecule has 0 spiro atoms. The second-order valence-electron chi connectivity index (χ2n) is 3.09. The van der Waals surface area contributed by atoms with Crippen LogP contribution < -0.4 is 5.30 Å². The molecular formula is C9H11O2PS. The SMILES string of the molecule is O[P+]1([S-])OCCCc2ccccc21. The lowest BCUT2D eigenvalue weighted by atomic mass is 10.1. The van der Waals surface area contributed by atoms with E-state index in [2.05, 4.69) is 0 Å². The lowest BCUT2D eigenvalue weighted by Gasteiger charge is -2.22. The van der Waals surface area contributed by atoms with Crippen LogP contribution in [0.4, 0.5) is 0 Å². The van der Waals surface area contributed by atoms with E-state index in [9.17, 15) is 4.89 Å². The second kappa shape index (κ2) is 3.58. The van der Waals surface area contributed by atoms with E-state index in [4.69, 9.17) is 16.8 Å². The Balaban J connectivity index is 2.48. The van der Waals surface area contributed by atoms with E-state index >= 15 is 0 Å². The van der Waals surface area contributed by atoms with Crippen molar-refractivity contribution in [2.45, 2.75) is 12.8 Å². The average molecular weight is 214 g/mol. The van der Waals surface area contributed by atoms with Gasteiger partial charge >= 0.3 is 0 Å². The highest BCUT2D eigenvalue weighted by Crippen LogP contribution is 2.53. The quantitative estimate of drug-likeness (QED) is 0.525. The molecule has 4 heteroatoms. The van der Waals surface area contributed by atoms with Gasteiger partial charge < -0.3 is 12.2 Å². The minimum Gasteiger partial charge on any atom is -0.487 e. The van der Waals surface area contributed by atoms with Gasteiger partial charge in [0.25, 0.3) is 0 Å². The van der Waals surface area contributed by atoms with Crippen molar-refractivity contribution >= 4 is 24.5 Å².